The molecule has 0 N–H and O–H groups in total. The Balaban J connectivity index is 2.58. The minimum Gasteiger partial charge on any atom is -0.481 e. The number of nitrogens with zero attached hydrogens (tertiary/aromatic N) is 1. The largest absolute Gasteiger partial charge is 0.481 e. The summed E-state index contributed by atoms with van der Waals surface area (Å²) in [5, 5.41) is 0. The summed E-state index contributed by atoms with van der Waals surface area (Å²) < 4.78 is 5.25. The molecule has 0 radical (unpaired) electrons. The Hall–Kier alpha value is -1.48. The number of ether oxygens (including phenoxy) is 1. The highest BCUT2D eigenvalue weighted by atomic mass is 32.1. The van der Waals surface area contributed by atoms with E-state index in [9.17, 15) is 0 Å². The van der Waals surface area contributed by atoms with Gasteiger partial charge in [0.1, 0.15) is 0 Å². The maximum absolute atomic E-state index is 5.25. The molecule has 3 heteroatoms. The highest BCUT2D eigenvalue weighted by Gasteiger charge is 2.08. The van der Waals surface area contributed by atoms with Crippen LogP contribution in [0.5, 0.6) is 5.88 Å². The number of aryl methyl sites for hydroxylation is 1. The van der Waals surface area contributed by atoms with Gasteiger partial charge in [-0.05, 0) is 42.3 Å². The molecule has 0 bridgehead atoms. The van der Waals surface area contributed by atoms with Crippen LogP contribution in [0, 0.1) is 6.92 Å². The lowest BCUT2D eigenvalue weighted by molar-refractivity contribution is 0.399. The smallest absolute Gasteiger partial charge is 0.221 e. The van der Waals surface area contributed by atoms with Crippen LogP contribution in [0.3, 0.4) is 0 Å². The van der Waals surface area contributed by atoms with Crippen molar-refractivity contribution >= 4 is 12.6 Å². The average Bonchev–Trinajstić information content (AvgIpc) is 2.29. The topological polar surface area (TPSA) is 22.1 Å². The van der Waals surface area contributed by atoms with Crippen LogP contribution in [-0.4, -0.2) is 12.1 Å². The maximum Gasteiger partial charge on any atom is 0.221 e. The van der Waals surface area contributed by atoms with Gasteiger partial charge in [0.25, 0.3) is 0 Å². The molecule has 0 aliphatic carbocycles. The van der Waals surface area contributed by atoms with Crippen LogP contribution in [0.1, 0.15) is 5.56 Å². The molecule has 1 aromatic heterocycles. The number of methoxy groups -OCH3 is 1. The first kappa shape index (κ1) is 11.0. The van der Waals surface area contributed by atoms with Crippen molar-refractivity contribution in [2.24, 2.45) is 0 Å². The lowest BCUT2D eigenvalue weighted by Gasteiger charge is -2.10. The highest BCUT2D eigenvalue weighted by molar-refractivity contribution is 7.80. The minimum atomic E-state index is 0.650. The van der Waals surface area contributed by atoms with E-state index < -0.39 is 0 Å². The number of thiol groups is 1. The summed E-state index contributed by atoms with van der Waals surface area (Å²) in [6.45, 7) is 2.06. The molecule has 0 atom stereocenters. The van der Waals surface area contributed by atoms with E-state index in [4.69, 9.17) is 4.74 Å². The molecule has 0 fully saturated rings. The van der Waals surface area contributed by atoms with Gasteiger partial charge in [-0.2, -0.15) is 0 Å². The molecule has 0 amide bonds. The first-order chi connectivity index (χ1) is 7.72. The second kappa shape index (κ2) is 4.58. The molecule has 0 aliphatic rings. The van der Waals surface area contributed by atoms with Gasteiger partial charge in [0.05, 0.1) is 7.11 Å². The molecular formula is C13H13NOS. The zero-order valence-electron chi connectivity index (χ0n) is 9.27. The summed E-state index contributed by atoms with van der Waals surface area (Å²) in [6.07, 6.45) is 1.73. The van der Waals surface area contributed by atoms with Crippen molar-refractivity contribution in [1.29, 1.82) is 0 Å². The molecule has 1 heterocycles. The van der Waals surface area contributed by atoms with Crippen molar-refractivity contribution in [1.82, 2.24) is 4.98 Å². The summed E-state index contributed by atoms with van der Waals surface area (Å²) >= 11 is 4.32. The van der Waals surface area contributed by atoms with E-state index in [0.29, 0.717) is 5.88 Å². The molecular weight excluding hydrogens is 218 g/mol. The Bertz CT molecular complexity index is 511. The first-order valence-electron chi connectivity index (χ1n) is 5.01. The van der Waals surface area contributed by atoms with Gasteiger partial charge in [0.2, 0.25) is 5.88 Å². The average molecular weight is 231 g/mol. The zero-order chi connectivity index (χ0) is 11.5. The molecule has 82 valence electrons. The van der Waals surface area contributed by atoms with Gasteiger partial charge in [-0.1, -0.05) is 6.07 Å². The quantitative estimate of drug-likeness (QED) is 0.801. The van der Waals surface area contributed by atoms with Crippen LogP contribution in [0.2, 0.25) is 0 Å². The third-order valence-corrected chi connectivity index (χ3v) is 2.74. The van der Waals surface area contributed by atoms with Crippen LogP contribution in [0.25, 0.3) is 11.1 Å². The van der Waals surface area contributed by atoms with Crippen molar-refractivity contribution in [3.8, 4) is 17.0 Å². The predicted molar refractivity (Wildman–Crippen MR) is 68.2 cm³/mol. The van der Waals surface area contributed by atoms with Gasteiger partial charge in [0, 0.05) is 16.7 Å². The van der Waals surface area contributed by atoms with Crippen molar-refractivity contribution in [2.75, 3.05) is 7.11 Å². The Labute approximate surface area is 101 Å². The SMILES string of the molecule is COc1ncccc1-c1ccc(S)cc1C. The zero-order valence-corrected chi connectivity index (χ0v) is 10.2. The summed E-state index contributed by atoms with van der Waals surface area (Å²) in [7, 11) is 1.63. The van der Waals surface area contributed by atoms with E-state index in [0.717, 1.165) is 16.0 Å². The third-order valence-electron chi connectivity index (χ3n) is 2.46. The summed E-state index contributed by atoms with van der Waals surface area (Å²) in [6, 6.07) is 9.96. The molecule has 2 nitrogen and oxygen atoms in total. The fraction of sp³-hybridized carbons (Fsp3) is 0.154. The van der Waals surface area contributed by atoms with Gasteiger partial charge in [-0.25, -0.2) is 4.98 Å². The third kappa shape index (κ3) is 2.04. The summed E-state index contributed by atoms with van der Waals surface area (Å²) in [5.74, 6) is 0.650. The van der Waals surface area contributed by atoms with Crippen LogP contribution >= 0.6 is 12.6 Å². The van der Waals surface area contributed by atoms with E-state index in [1.807, 2.05) is 30.3 Å². The number of hydrogen-bond acceptors (Lipinski definition) is 3. The Morgan fingerprint density at radius 2 is 2.00 bits per heavy atom. The van der Waals surface area contributed by atoms with E-state index in [-0.39, 0.29) is 0 Å². The number of hydrogen-bond donors (Lipinski definition) is 1. The van der Waals surface area contributed by atoms with Gasteiger partial charge in [-0.15, -0.1) is 12.6 Å². The highest BCUT2D eigenvalue weighted by Crippen LogP contribution is 2.31. The second-order valence-electron chi connectivity index (χ2n) is 3.56. The molecule has 2 rings (SSSR count). The van der Waals surface area contributed by atoms with Gasteiger partial charge >= 0.3 is 0 Å². The second-order valence-corrected chi connectivity index (χ2v) is 4.08. The van der Waals surface area contributed by atoms with Crippen molar-refractivity contribution < 1.29 is 4.74 Å². The van der Waals surface area contributed by atoms with Crippen LogP contribution in [0.15, 0.2) is 41.4 Å². The Kier molecular flexibility index (Phi) is 3.15. The van der Waals surface area contributed by atoms with Crippen LogP contribution < -0.4 is 4.74 Å². The monoisotopic (exact) mass is 231 g/mol. The normalized spacial score (nSPS) is 10.2. The standard InChI is InChI=1S/C13H13NOS/c1-9-8-10(16)5-6-11(9)12-4-3-7-14-13(12)15-2/h3-8,16H,1-2H3. The molecule has 0 saturated heterocycles. The number of pyridine rings is 1. The van der Waals surface area contributed by atoms with Gasteiger partial charge in [0.15, 0.2) is 0 Å². The van der Waals surface area contributed by atoms with Gasteiger partial charge in [-0.3, -0.25) is 0 Å². The Morgan fingerprint density at radius 3 is 2.69 bits per heavy atom. The predicted octanol–water partition coefficient (Wildman–Crippen LogP) is 3.35. The van der Waals surface area contributed by atoms with Crippen molar-refractivity contribution in [2.45, 2.75) is 11.8 Å². The fourth-order valence-corrected chi connectivity index (χ4v) is 1.98. The Morgan fingerprint density at radius 1 is 1.19 bits per heavy atom. The van der Waals surface area contributed by atoms with Crippen LogP contribution in [0.4, 0.5) is 0 Å². The lowest BCUT2D eigenvalue weighted by atomic mass is 10.0. The lowest BCUT2D eigenvalue weighted by Crippen LogP contribution is -1.92. The maximum atomic E-state index is 5.25. The molecule has 2 aromatic rings. The van der Waals surface area contributed by atoms with Crippen molar-refractivity contribution in [3.63, 3.8) is 0 Å². The number of aromatic nitrogens is 1. The molecule has 0 spiro atoms. The fourth-order valence-electron chi connectivity index (χ4n) is 1.71. The summed E-state index contributed by atoms with van der Waals surface area (Å²) in [5.41, 5.74) is 3.30. The molecule has 0 saturated carbocycles. The number of rotatable bonds is 2. The van der Waals surface area contributed by atoms with Crippen LogP contribution in [-0.2, 0) is 0 Å². The number of benzene rings is 1. The first-order valence-corrected chi connectivity index (χ1v) is 5.46. The van der Waals surface area contributed by atoms with E-state index in [1.165, 1.54) is 5.56 Å². The van der Waals surface area contributed by atoms with E-state index >= 15 is 0 Å². The molecule has 1 aromatic carbocycles. The van der Waals surface area contributed by atoms with E-state index in [1.54, 1.807) is 13.3 Å². The molecule has 0 aliphatic heterocycles. The van der Waals surface area contributed by atoms with E-state index in [2.05, 4.69) is 24.5 Å². The van der Waals surface area contributed by atoms with Crippen molar-refractivity contribution in [3.05, 3.63) is 42.1 Å². The minimum absolute atomic E-state index is 0.650. The van der Waals surface area contributed by atoms with Gasteiger partial charge < -0.3 is 4.74 Å². The molecule has 0 unspecified atom stereocenters. The summed E-state index contributed by atoms with van der Waals surface area (Å²) in [4.78, 5) is 5.16. The molecule has 16 heavy (non-hydrogen) atoms.